The molecule has 0 aliphatic rings. The van der Waals surface area contributed by atoms with E-state index < -0.39 is 0 Å². The molecule has 0 aromatic heterocycles. The van der Waals surface area contributed by atoms with Gasteiger partial charge in [0.05, 0.1) is 0 Å². The predicted molar refractivity (Wildman–Crippen MR) is 30.2 cm³/mol. The van der Waals surface area contributed by atoms with Crippen molar-refractivity contribution in [1.29, 1.82) is 0 Å². The molecule has 0 N–H and O–H groups in total. The maximum atomic E-state index is 2.40. The molecule has 0 atom stereocenters. The third-order valence-electron chi connectivity index (χ3n) is 1.10. The van der Waals surface area contributed by atoms with Crippen molar-refractivity contribution in [3.8, 4) is 0 Å². The summed E-state index contributed by atoms with van der Waals surface area (Å²) in [6.45, 7) is 2.26. The van der Waals surface area contributed by atoms with Crippen LogP contribution in [0.3, 0.4) is 0 Å². The van der Waals surface area contributed by atoms with Gasteiger partial charge in [-0.1, -0.05) is 0 Å². The first-order valence-electron chi connectivity index (χ1n) is 3.19. The van der Waals surface area contributed by atoms with Gasteiger partial charge in [0.15, 0.2) is 0 Å². The molecule has 0 saturated carbocycles. The molecule has 0 rings (SSSR count). The molecule has 0 spiro atoms. The van der Waals surface area contributed by atoms with Crippen LogP contribution in [0.15, 0.2) is 0 Å². The minimum absolute atomic E-state index is 0.273. The molecular formula is C6H14Sc. The molecular weight excluding hydrogens is 117 g/mol. The van der Waals surface area contributed by atoms with E-state index in [-0.39, 0.29) is 22.9 Å². The Labute approximate surface area is 58.0 Å². The topological polar surface area (TPSA) is 0 Å². The zero-order valence-electron chi connectivity index (χ0n) is 5.41. The Hall–Kier alpha value is 0.870. The summed E-state index contributed by atoms with van der Waals surface area (Å²) in [5.41, 5.74) is 0. The molecule has 0 bridgehead atoms. The molecule has 7 heavy (non-hydrogen) atoms. The van der Waals surface area contributed by atoms with Gasteiger partial charge in [-0.05, 0) is 0 Å². The van der Waals surface area contributed by atoms with Gasteiger partial charge in [-0.3, -0.25) is 0 Å². The molecule has 0 amide bonds. The van der Waals surface area contributed by atoms with Gasteiger partial charge in [-0.15, -0.1) is 0 Å². The van der Waals surface area contributed by atoms with Crippen molar-refractivity contribution in [3.63, 3.8) is 0 Å². The van der Waals surface area contributed by atoms with Crippen LogP contribution in [0.5, 0.6) is 0 Å². The molecule has 0 aromatic carbocycles. The van der Waals surface area contributed by atoms with E-state index in [9.17, 15) is 0 Å². The fourth-order valence-electron chi connectivity index (χ4n) is 0.598. The van der Waals surface area contributed by atoms with Gasteiger partial charge < -0.3 is 0 Å². The van der Waals surface area contributed by atoms with Crippen LogP contribution in [-0.2, 0) is 22.9 Å². The average Bonchev–Trinajstić information content (AvgIpc) is 1.69. The van der Waals surface area contributed by atoms with Crippen LogP contribution in [0.25, 0.3) is 0 Å². The third kappa shape index (κ3) is 6.87. The van der Waals surface area contributed by atoms with E-state index in [4.69, 9.17) is 0 Å². The normalized spacial score (nSPS) is 8.29. The van der Waals surface area contributed by atoms with Crippen LogP contribution in [0.2, 0.25) is 8.86 Å². The quantitative estimate of drug-likeness (QED) is 0.514. The molecule has 41 valence electrons. The van der Waals surface area contributed by atoms with E-state index in [1.807, 2.05) is 0 Å². The van der Waals surface area contributed by atoms with Crippen molar-refractivity contribution < 1.29 is 22.9 Å². The molecule has 0 radical (unpaired) electrons. The molecule has 0 aliphatic carbocycles. The monoisotopic (exact) mass is 131 g/mol. The summed E-state index contributed by atoms with van der Waals surface area (Å²) < 4.78 is 3.98. The summed E-state index contributed by atoms with van der Waals surface area (Å²) in [4.78, 5) is 0. The molecule has 0 aromatic rings. The summed E-state index contributed by atoms with van der Waals surface area (Å²) >= 11 is 0.273. The van der Waals surface area contributed by atoms with Crippen LogP contribution in [0, 0.1) is 0 Å². The van der Waals surface area contributed by atoms with Crippen molar-refractivity contribution >= 4 is 0 Å². The van der Waals surface area contributed by atoms with Gasteiger partial charge in [0, 0.05) is 0 Å². The Morgan fingerprint density at radius 3 is 2.43 bits per heavy atom. The first-order chi connectivity index (χ1) is 3.41. The average molecular weight is 131 g/mol. The second kappa shape index (κ2) is 6.87. The van der Waals surface area contributed by atoms with E-state index in [0.29, 0.717) is 0 Å². The fourth-order valence-corrected chi connectivity index (χ4v) is 1.69. The van der Waals surface area contributed by atoms with Crippen LogP contribution in [-0.4, -0.2) is 0 Å². The van der Waals surface area contributed by atoms with Crippen molar-refractivity contribution in [1.82, 2.24) is 0 Å². The third-order valence-corrected chi connectivity index (χ3v) is 2.64. The first kappa shape index (κ1) is 7.87. The summed E-state index contributed by atoms with van der Waals surface area (Å²) in [5.74, 6) is 0. The van der Waals surface area contributed by atoms with Gasteiger partial charge in [0.2, 0.25) is 0 Å². The number of hydrogen-bond donors (Lipinski definition) is 0. The van der Waals surface area contributed by atoms with Crippen molar-refractivity contribution in [3.05, 3.63) is 0 Å². The number of rotatable bonds is 4. The Balaban J connectivity index is 2.45. The van der Waals surface area contributed by atoms with Gasteiger partial charge >= 0.3 is 58.0 Å². The Kier molecular flexibility index (Phi) is 7.72. The van der Waals surface area contributed by atoms with Crippen molar-refractivity contribution in [2.24, 2.45) is 0 Å². The van der Waals surface area contributed by atoms with E-state index in [2.05, 4.69) is 11.6 Å². The van der Waals surface area contributed by atoms with E-state index in [0.717, 1.165) is 0 Å². The first-order valence-corrected chi connectivity index (χ1v) is 6.27. The second-order valence-corrected chi connectivity index (χ2v) is 4.08. The Morgan fingerprint density at radius 2 is 2.00 bits per heavy atom. The zero-order chi connectivity index (χ0) is 5.54. The van der Waals surface area contributed by atoms with Crippen LogP contribution < -0.4 is 0 Å². The van der Waals surface area contributed by atoms with E-state index >= 15 is 0 Å². The van der Waals surface area contributed by atoms with Crippen molar-refractivity contribution in [2.75, 3.05) is 0 Å². The summed E-state index contributed by atoms with van der Waals surface area (Å²) in [5, 5.41) is 0. The van der Waals surface area contributed by atoms with E-state index in [1.54, 1.807) is 4.18 Å². The predicted octanol–water partition coefficient (Wildman–Crippen LogP) is 2.73. The van der Waals surface area contributed by atoms with Gasteiger partial charge in [-0.2, -0.15) is 0 Å². The molecule has 0 aliphatic heterocycles. The minimum atomic E-state index is 0.273. The Morgan fingerprint density at radius 1 is 1.29 bits per heavy atom. The molecule has 0 heterocycles. The van der Waals surface area contributed by atoms with E-state index in [1.165, 1.54) is 19.3 Å². The fraction of sp³-hybridized carbons (Fsp3) is 1.00. The zero-order valence-corrected chi connectivity index (χ0v) is 7.21. The maximum absolute atomic E-state index is 2.40. The summed E-state index contributed by atoms with van der Waals surface area (Å²) in [6, 6.07) is 0. The molecule has 1 heteroatoms. The Bertz CT molecular complexity index is 23.4. The summed E-state index contributed by atoms with van der Waals surface area (Å²) in [7, 11) is 0. The van der Waals surface area contributed by atoms with Crippen LogP contribution in [0.4, 0.5) is 0 Å². The van der Waals surface area contributed by atoms with Crippen molar-refractivity contribution in [2.45, 2.75) is 35.0 Å². The van der Waals surface area contributed by atoms with Crippen LogP contribution >= 0.6 is 0 Å². The standard InChI is InChI=1S/C5H11.CH3.Sc/c1-3-5-4-2;;/h1,3-5H2,2H3;1H3;. The SMILES string of the molecule is CCCC[CH2][Sc][CH3]. The van der Waals surface area contributed by atoms with Crippen LogP contribution in [0.1, 0.15) is 26.2 Å². The summed E-state index contributed by atoms with van der Waals surface area (Å²) in [6.07, 6.45) is 4.36. The van der Waals surface area contributed by atoms with Gasteiger partial charge in [0.1, 0.15) is 0 Å². The number of hydrogen-bond acceptors (Lipinski definition) is 0. The number of unbranched alkanes of at least 4 members (excludes halogenated alkanes) is 2. The molecule has 0 unspecified atom stereocenters. The molecule has 0 nitrogen and oxygen atoms in total. The molecule has 0 saturated heterocycles. The van der Waals surface area contributed by atoms with Gasteiger partial charge in [-0.25, -0.2) is 0 Å². The second-order valence-electron chi connectivity index (χ2n) is 1.90. The van der Waals surface area contributed by atoms with Gasteiger partial charge in [0.25, 0.3) is 0 Å². The molecule has 0 fully saturated rings.